The number of hydrogen-bond acceptors (Lipinski definition) is 5. The number of carbonyl (C=O) groups excluding carboxylic acids is 2. The largest absolute Gasteiger partial charge is 0.491 e. The maximum Gasteiger partial charge on any atom is 0.491 e. The normalized spacial score (nSPS) is 11.3. The third kappa shape index (κ3) is 7.12. The van der Waals surface area contributed by atoms with Gasteiger partial charge in [-0.15, -0.1) is 0 Å². The number of halogens is 1. The summed E-state index contributed by atoms with van der Waals surface area (Å²) in [4.78, 5) is 26.2. The van der Waals surface area contributed by atoms with Gasteiger partial charge < -0.3 is 14.8 Å². The van der Waals surface area contributed by atoms with Crippen molar-refractivity contribution in [2.45, 2.75) is 48.1 Å². The lowest BCUT2D eigenvalue weighted by atomic mass is 9.75. The summed E-state index contributed by atoms with van der Waals surface area (Å²) < 4.78 is 20.4. The first kappa shape index (κ1) is 26.5. The van der Waals surface area contributed by atoms with Gasteiger partial charge in [-0.2, -0.15) is 0 Å². The molecule has 2 amide bonds. The van der Waals surface area contributed by atoms with E-state index in [0.717, 1.165) is 11.1 Å². The van der Waals surface area contributed by atoms with E-state index in [1.807, 2.05) is 40.7 Å². The number of rotatable bonds is 7. The van der Waals surface area contributed by atoms with Crippen LogP contribution in [0.2, 0.25) is 0 Å². The van der Waals surface area contributed by atoms with E-state index in [0.29, 0.717) is 12.2 Å². The molecule has 0 unspecified atom stereocenters. The van der Waals surface area contributed by atoms with Gasteiger partial charge in [-0.1, -0.05) is 44.0 Å². The van der Waals surface area contributed by atoms with Crippen LogP contribution in [-0.4, -0.2) is 47.1 Å². The van der Waals surface area contributed by atoms with Crippen molar-refractivity contribution in [3.05, 3.63) is 64.0 Å². The van der Waals surface area contributed by atoms with Crippen LogP contribution in [0, 0.1) is 25.1 Å². The smallest absolute Gasteiger partial charge is 0.423 e. The molecule has 0 atom stereocenters. The molecule has 0 saturated carbocycles. The number of hydrogen-bond donors (Lipinski definition) is 3. The molecule has 2 rings (SSSR count). The fourth-order valence-corrected chi connectivity index (χ4v) is 3.50. The predicted molar refractivity (Wildman–Crippen MR) is 125 cm³/mol. The number of nitrogens with zero attached hydrogens (tertiary/aromatic N) is 1. The van der Waals surface area contributed by atoms with Gasteiger partial charge in [0.05, 0.1) is 12.2 Å². The van der Waals surface area contributed by atoms with Crippen molar-refractivity contribution in [3.63, 3.8) is 0 Å². The maximum atomic E-state index is 15.1. The van der Waals surface area contributed by atoms with E-state index in [4.69, 9.17) is 4.74 Å². The monoisotopic (exact) mass is 458 g/mol. The molecule has 0 spiro atoms. The molecule has 178 valence electrons. The zero-order valence-electron chi connectivity index (χ0n) is 20.0. The van der Waals surface area contributed by atoms with Crippen LogP contribution >= 0.6 is 0 Å². The number of aryl methyl sites for hydroxylation is 2. The van der Waals surface area contributed by atoms with Crippen molar-refractivity contribution in [1.29, 1.82) is 0 Å². The van der Waals surface area contributed by atoms with Gasteiger partial charge in [0.25, 0.3) is 11.8 Å². The van der Waals surface area contributed by atoms with Crippen LogP contribution in [0.25, 0.3) is 0 Å². The molecule has 0 aliphatic carbocycles. The summed E-state index contributed by atoms with van der Waals surface area (Å²) in [5, 5.41) is 20.5. The summed E-state index contributed by atoms with van der Waals surface area (Å²) in [6.45, 7) is 11.7. The summed E-state index contributed by atoms with van der Waals surface area (Å²) in [6, 6.07) is 8.02. The molecule has 0 saturated heterocycles. The van der Waals surface area contributed by atoms with Crippen molar-refractivity contribution in [1.82, 2.24) is 10.4 Å². The lowest BCUT2D eigenvalue weighted by Gasteiger charge is -2.30. The average Bonchev–Trinajstić information content (AvgIpc) is 2.68. The lowest BCUT2D eigenvalue weighted by molar-refractivity contribution is 0.0507. The van der Waals surface area contributed by atoms with E-state index in [1.165, 1.54) is 17.1 Å². The van der Waals surface area contributed by atoms with Gasteiger partial charge in [0.15, 0.2) is 0 Å². The third-order valence-electron chi connectivity index (χ3n) is 4.82. The minimum atomic E-state index is -2.13. The Labute approximate surface area is 194 Å². The fraction of sp³-hybridized carbons (Fsp3) is 0.417. The predicted octanol–water partition coefficient (Wildman–Crippen LogP) is 2.49. The van der Waals surface area contributed by atoms with Gasteiger partial charge in [-0.3, -0.25) is 15.0 Å². The number of ether oxygens (including phenoxy) is 1. The SMILES string of the molecule is CCOCc1ccc(C(=O)NN(CC(C)(C)C)C(=O)c2cc(C)cc(C)c2)c(F)c1B(O)O. The summed E-state index contributed by atoms with van der Waals surface area (Å²) in [6.07, 6.45) is 0. The first-order chi connectivity index (χ1) is 15.3. The highest BCUT2D eigenvalue weighted by atomic mass is 19.1. The first-order valence-electron chi connectivity index (χ1n) is 10.8. The molecule has 7 nitrogen and oxygen atoms in total. The van der Waals surface area contributed by atoms with Crippen LogP contribution in [0.15, 0.2) is 30.3 Å². The summed E-state index contributed by atoms with van der Waals surface area (Å²) in [5.74, 6) is -2.38. The Bertz CT molecular complexity index is 1000. The van der Waals surface area contributed by atoms with Gasteiger partial charge >= 0.3 is 7.12 Å². The second-order valence-electron chi connectivity index (χ2n) is 9.28. The minimum absolute atomic E-state index is 0.0381. The summed E-state index contributed by atoms with van der Waals surface area (Å²) in [7, 11) is -2.13. The van der Waals surface area contributed by atoms with Gasteiger partial charge in [-0.05, 0) is 49.9 Å². The maximum absolute atomic E-state index is 15.1. The van der Waals surface area contributed by atoms with Crippen LogP contribution in [0.4, 0.5) is 4.39 Å². The van der Waals surface area contributed by atoms with Crippen molar-refractivity contribution in [2.75, 3.05) is 13.2 Å². The minimum Gasteiger partial charge on any atom is -0.423 e. The van der Waals surface area contributed by atoms with Crippen molar-refractivity contribution < 1.29 is 28.8 Å². The van der Waals surface area contributed by atoms with Crippen molar-refractivity contribution in [2.24, 2.45) is 5.41 Å². The Hall–Kier alpha value is -2.75. The molecule has 0 bridgehead atoms. The van der Waals surface area contributed by atoms with E-state index in [1.54, 1.807) is 19.1 Å². The van der Waals surface area contributed by atoms with Crippen LogP contribution in [0.1, 0.15) is 65.1 Å². The Morgan fingerprint density at radius 1 is 1.12 bits per heavy atom. The highest BCUT2D eigenvalue weighted by Crippen LogP contribution is 2.18. The van der Waals surface area contributed by atoms with Crippen LogP contribution in [0.3, 0.4) is 0 Å². The molecule has 0 aliphatic rings. The Morgan fingerprint density at radius 3 is 2.24 bits per heavy atom. The number of nitrogens with one attached hydrogen (secondary N) is 1. The zero-order chi connectivity index (χ0) is 24.9. The molecule has 0 fully saturated rings. The van der Waals surface area contributed by atoms with Gasteiger partial charge in [-0.25, -0.2) is 9.40 Å². The Balaban J connectivity index is 2.41. The molecular weight excluding hydrogens is 426 g/mol. The van der Waals surface area contributed by atoms with Crippen LogP contribution in [-0.2, 0) is 11.3 Å². The molecule has 0 aromatic heterocycles. The summed E-state index contributed by atoms with van der Waals surface area (Å²) >= 11 is 0. The average molecular weight is 458 g/mol. The quantitative estimate of drug-likeness (QED) is 0.438. The zero-order valence-corrected chi connectivity index (χ0v) is 20.0. The third-order valence-corrected chi connectivity index (χ3v) is 4.82. The topological polar surface area (TPSA) is 99.1 Å². The van der Waals surface area contributed by atoms with E-state index in [9.17, 15) is 19.6 Å². The van der Waals surface area contributed by atoms with E-state index in [-0.39, 0.29) is 24.1 Å². The second kappa shape index (κ2) is 10.9. The molecule has 2 aromatic carbocycles. The van der Waals surface area contributed by atoms with Crippen LogP contribution < -0.4 is 10.9 Å². The van der Waals surface area contributed by atoms with E-state index < -0.39 is 35.8 Å². The van der Waals surface area contributed by atoms with Crippen LogP contribution in [0.5, 0.6) is 0 Å². The van der Waals surface area contributed by atoms with Gasteiger partial charge in [0.1, 0.15) is 5.82 Å². The number of amides is 2. The Kier molecular flexibility index (Phi) is 8.77. The summed E-state index contributed by atoms with van der Waals surface area (Å²) in [5.41, 5.74) is 3.72. The number of hydrazine groups is 1. The van der Waals surface area contributed by atoms with Crippen molar-refractivity contribution >= 4 is 24.4 Å². The van der Waals surface area contributed by atoms with Gasteiger partial charge in [0.2, 0.25) is 0 Å². The number of carbonyl (C=O) groups is 2. The van der Waals surface area contributed by atoms with E-state index >= 15 is 4.39 Å². The fourth-order valence-electron chi connectivity index (χ4n) is 3.50. The standard InChI is InChI=1S/C24H32BFN2O5/c1-7-33-13-17-8-9-19(21(26)20(17)25(31)32)22(29)27-28(14-24(4,5)6)23(30)18-11-15(2)10-16(3)12-18/h8-12,31-32H,7,13-14H2,1-6H3,(H,27,29). The molecule has 2 aromatic rings. The lowest BCUT2D eigenvalue weighted by Crippen LogP contribution is -2.50. The molecular formula is C24H32BFN2O5. The highest BCUT2D eigenvalue weighted by molar-refractivity contribution is 6.59. The highest BCUT2D eigenvalue weighted by Gasteiger charge is 2.29. The Morgan fingerprint density at radius 2 is 1.73 bits per heavy atom. The molecule has 0 aliphatic heterocycles. The molecule has 0 radical (unpaired) electrons. The molecule has 3 N–H and O–H groups in total. The van der Waals surface area contributed by atoms with E-state index in [2.05, 4.69) is 5.43 Å². The number of benzene rings is 2. The van der Waals surface area contributed by atoms with Gasteiger partial charge in [0, 0.05) is 24.2 Å². The first-order valence-corrected chi connectivity index (χ1v) is 10.8. The van der Waals surface area contributed by atoms with Crippen molar-refractivity contribution in [3.8, 4) is 0 Å². The molecule has 33 heavy (non-hydrogen) atoms. The molecule has 9 heteroatoms. The molecule has 0 heterocycles. The second-order valence-corrected chi connectivity index (χ2v) is 9.28.